The van der Waals surface area contributed by atoms with Crippen LogP contribution in [0.5, 0.6) is 5.75 Å². The highest BCUT2D eigenvalue weighted by atomic mass is 32.2. The van der Waals surface area contributed by atoms with Gasteiger partial charge in [0.15, 0.2) is 0 Å². The molecule has 25 heavy (non-hydrogen) atoms. The van der Waals surface area contributed by atoms with Crippen molar-refractivity contribution in [2.45, 2.75) is 13.8 Å². The van der Waals surface area contributed by atoms with Crippen molar-refractivity contribution in [1.82, 2.24) is 0 Å². The summed E-state index contributed by atoms with van der Waals surface area (Å²) >= 11 is 0. The maximum Gasteiger partial charge on any atom is 0.245 e. The second kappa shape index (κ2) is 7.57. The zero-order valence-electron chi connectivity index (χ0n) is 14.7. The van der Waals surface area contributed by atoms with Gasteiger partial charge in [0.25, 0.3) is 0 Å². The Morgan fingerprint density at radius 3 is 2.52 bits per heavy atom. The van der Waals surface area contributed by atoms with Crippen LogP contribution in [0, 0.1) is 13.8 Å². The first-order valence-electron chi connectivity index (χ1n) is 7.69. The van der Waals surface area contributed by atoms with E-state index < -0.39 is 15.9 Å². The van der Waals surface area contributed by atoms with Crippen molar-refractivity contribution in [3.8, 4) is 5.75 Å². The standard InChI is InChI=1S/C18H22N2O4S/c1-13-8-9-14(2)17(10-13)20(25(4,22)23)12-18(21)19-15-6-5-7-16(11-15)24-3/h5-11H,12H2,1-4H3,(H,19,21). The molecule has 7 heteroatoms. The van der Waals surface area contributed by atoms with Crippen LogP contribution in [-0.2, 0) is 14.8 Å². The molecule has 0 spiro atoms. The fourth-order valence-corrected chi connectivity index (χ4v) is 3.31. The predicted molar refractivity (Wildman–Crippen MR) is 99.7 cm³/mol. The Kier molecular flexibility index (Phi) is 5.69. The maximum absolute atomic E-state index is 12.4. The highest BCUT2D eigenvalue weighted by Crippen LogP contribution is 2.24. The average molecular weight is 362 g/mol. The zero-order chi connectivity index (χ0) is 18.6. The molecule has 2 aromatic carbocycles. The predicted octanol–water partition coefficient (Wildman–Crippen LogP) is 2.72. The lowest BCUT2D eigenvalue weighted by Crippen LogP contribution is -2.37. The van der Waals surface area contributed by atoms with Gasteiger partial charge in [-0.1, -0.05) is 18.2 Å². The summed E-state index contributed by atoms with van der Waals surface area (Å²) in [6.07, 6.45) is 1.09. The van der Waals surface area contributed by atoms with Gasteiger partial charge in [-0.3, -0.25) is 9.10 Å². The minimum atomic E-state index is -3.61. The van der Waals surface area contributed by atoms with E-state index in [0.717, 1.165) is 21.7 Å². The van der Waals surface area contributed by atoms with E-state index in [0.29, 0.717) is 17.1 Å². The summed E-state index contributed by atoms with van der Waals surface area (Å²) in [5, 5.41) is 2.70. The fourth-order valence-electron chi connectivity index (χ4n) is 2.40. The average Bonchev–Trinajstić information content (AvgIpc) is 2.54. The van der Waals surface area contributed by atoms with Crippen LogP contribution in [0.3, 0.4) is 0 Å². The van der Waals surface area contributed by atoms with Crippen molar-refractivity contribution in [2.24, 2.45) is 0 Å². The molecule has 1 amide bonds. The van der Waals surface area contributed by atoms with Gasteiger partial charge in [-0.05, 0) is 43.2 Å². The number of carbonyl (C=O) groups excluding carboxylic acids is 1. The zero-order valence-corrected chi connectivity index (χ0v) is 15.6. The highest BCUT2D eigenvalue weighted by Gasteiger charge is 2.22. The number of carbonyl (C=O) groups is 1. The number of amides is 1. The van der Waals surface area contributed by atoms with E-state index >= 15 is 0 Å². The molecular formula is C18H22N2O4S. The van der Waals surface area contributed by atoms with E-state index in [1.807, 2.05) is 26.0 Å². The number of benzene rings is 2. The van der Waals surface area contributed by atoms with Gasteiger partial charge < -0.3 is 10.1 Å². The number of ether oxygens (including phenoxy) is 1. The van der Waals surface area contributed by atoms with Gasteiger partial charge in [0.2, 0.25) is 15.9 Å². The number of anilines is 2. The van der Waals surface area contributed by atoms with Crippen LogP contribution in [0.25, 0.3) is 0 Å². The van der Waals surface area contributed by atoms with Crippen molar-refractivity contribution in [3.05, 3.63) is 53.6 Å². The molecule has 2 aromatic rings. The van der Waals surface area contributed by atoms with Crippen LogP contribution in [0.1, 0.15) is 11.1 Å². The Morgan fingerprint density at radius 1 is 1.16 bits per heavy atom. The highest BCUT2D eigenvalue weighted by molar-refractivity contribution is 7.92. The molecule has 0 aliphatic carbocycles. The van der Waals surface area contributed by atoms with E-state index in [9.17, 15) is 13.2 Å². The van der Waals surface area contributed by atoms with Crippen molar-refractivity contribution < 1.29 is 17.9 Å². The summed E-state index contributed by atoms with van der Waals surface area (Å²) < 4.78 is 30.6. The summed E-state index contributed by atoms with van der Waals surface area (Å²) in [6, 6.07) is 12.4. The van der Waals surface area contributed by atoms with Gasteiger partial charge in [-0.15, -0.1) is 0 Å². The molecule has 6 nitrogen and oxygen atoms in total. The number of hydrogen-bond acceptors (Lipinski definition) is 4. The van der Waals surface area contributed by atoms with Gasteiger partial charge in [0, 0.05) is 11.8 Å². The quantitative estimate of drug-likeness (QED) is 0.857. The van der Waals surface area contributed by atoms with E-state index in [-0.39, 0.29) is 6.54 Å². The summed E-state index contributed by atoms with van der Waals surface area (Å²) in [5.41, 5.74) is 2.75. The lowest BCUT2D eigenvalue weighted by Gasteiger charge is -2.24. The molecule has 0 aromatic heterocycles. The monoisotopic (exact) mass is 362 g/mol. The van der Waals surface area contributed by atoms with Crippen LogP contribution in [-0.4, -0.2) is 34.2 Å². The number of sulfonamides is 1. The fraction of sp³-hybridized carbons (Fsp3) is 0.278. The van der Waals surface area contributed by atoms with Crippen LogP contribution in [0.2, 0.25) is 0 Å². The summed E-state index contributed by atoms with van der Waals surface area (Å²) in [4.78, 5) is 12.4. The van der Waals surface area contributed by atoms with Crippen molar-refractivity contribution in [2.75, 3.05) is 29.5 Å². The Hall–Kier alpha value is -2.54. The van der Waals surface area contributed by atoms with Crippen molar-refractivity contribution >= 4 is 27.3 Å². The Morgan fingerprint density at radius 2 is 1.88 bits per heavy atom. The minimum absolute atomic E-state index is 0.305. The van der Waals surface area contributed by atoms with Crippen molar-refractivity contribution in [3.63, 3.8) is 0 Å². The summed E-state index contributed by atoms with van der Waals surface area (Å²) in [7, 11) is -2.08. The lowest BCUT2D eigenvalue weighted by molar-refractivity contribution is -0.114. The SMILES string of the molecule is COc1cccc(NC(=O)CN(c2cc(C)ccc2C)S(C)(=O)=O)c1. The Bertz CT molecular complexity index is 878. The Labute approximate surface area is 148 Å². The topological polar surface area (TPSA) is 75.7 Å². The number of nitrogens with zero attached hydrogens (tertiary/aromatic N) is 1. The maximum atomic E-state index is 12.4. The van der Waals surface area contributed by atoms with Crippen LogP contribution < -0.4 is 14.4 Å². The first-order valence-corrected chi connectivity index (χ1v) is 9.54. The molecule has 2 rings (SSSR count). The van der Waals surface area contributed by atoms with Gasteiger partial charge in [-0.25, -0.2) is 8.42 Å². The number of methoxy groups -OCH3 is 1. The number of rotatable bonds is 6. The number of nitrogens with one attached hydrogen (secondary N) is 1. The molecular weight excluding hydrogens is 340 g/mol. The van der Waals surface area contributed by atoms with Crippen LogP contribution in [0.4, 0.5) is 11.4 Å². The second-order valence-electron chi connectivity index (χ2n) is 5.84. The summed E-state index contributed by atoms with van der Waals surface area (Å²) in [5.74, 6) is 0.173. The van der Waals surface area contributed by atoms with E-state index in [1.165, 1.54) is 7.11 Å². The molecule has 0 saturated heterocycles. The van der Waals surface area contributed by atoms with Gasteiger partial charge in [0.1, 0.15) is 12.3 Å². The molecule has 0 bridgehead atoms. The Balaban J connectivity index is 2.25. The third-order valence-corrected chi connectivity index (χ3v) is 4.80. The van der Waals surface area contributed by atoms with Gasteiger partial charge in [0.05, 0.1) is 19.1 Å². The van der Waals surface area contributed by atoms with Crippen LogP contribution in [0.15, 0.2) is 42.5 Å². The second-order valence-corrected chi connectivity index (χ2v) is 7.75. The molecule has 0 radical (unpaired) electrons. The molecule has 0 atom stereocenters. The third-order valence-electron chi connectivity index (χ3n) is 3.67. The normalized spacial score (nSPS) is 11.0. The van der Waals surface area contributed by atoms with Crippen LogP contribution >= 0.6 is 0 Å². The van der Waals surface area contributed by atoms with Gasteiger partial charge in [-0.2, -0.15) is 0 Å². The summed E-state index contributed by atoms with van der Waals surface area (Å²) in [6.45, 7) is 3.38. The molecule has 0 aliphatic heterocycles. The molecule has 1 N–H and O–H groups in total. The van der Waals surface area contributed by atoms with Crippen molar-refractivity contribution in [1.29, 1.82) is 0 Å². The van der Waals surface area contributed by atoms with E-state index in [4.69, 9.17) is 4.74 Å². The van der Waals surface area contributed by atoms with E-state index in [1.54, 1.807) is 30.3 Å². The largest absolute Gasteiger partial charge is 0.497 e. The number of hydrogen-bond donors (Lipinski definition) is 1. The number of aryl methyl sites for hydroxylation is 2. The third kappa shape index (κ3) is 4.96. The van der Waals surface area contributed by atoms with E-state index in [2.05, 4.69) is 5.32 Å². The molecule has 0 saturated carbocycles. The van der Waals surface area contributed by atoms with Gasteiger partial charge >= 0.3 is 0 Å². The molecule has 0 fully saturated rings. The lowest BCUT2D eigenvalue weighted by atomic mass is 10.1. The molecule has 0 heterocycles. The smallest absolute Gasteiger partial charge is 0.245 e. The first-order chi connectivity index (χ1) is 11.7. The molecule has 134 valence electrons. The first kappa shape index (κ1) is 18.8. The molecule has 0 unspecified atom stereocenters. The molecule has 0 aliphatic rings. The minimum Gasteiger partial charge on any atom is -0.497 e.